The molecule has 3 heteroatoms. The summed E-state index contributed by atoms with van der Waals surface area (Å²) >= 11 is 0. The fourth-order valence-electron chi connectivity index (χ4n) is 1.85. The zero-order chi connectivity index (χ0) is 12.1. The Labute approximate surface area is 102 Å². The van der Waals surface area contributed by atoms with E-state index in [-0.39, 0.29) is 0 Å². The standard InChI is InChI=1S/C14H18N2O/c1-11-4-5-12-13(15-7-3-9-17-2)6-8-16-14(12)10-11/h4-6,8,10H,3,7,9H2,1-2H3,(H,15,16). The molecule has 0 spiro atoms. The van der Waals surface area contributed by atoms with Crippen LogP contribution in [0.3, 0.4) is 0 Å². The molecule has 0 fully saturated rings. The van der Waals surface area contributed by atoms with Crippen LogP contribution in [0.1, 0.15) is 12.0 Å². The molecule has 1 heterocycles. The minimum absolute atomic E-state index is 0.787. The van der Waals surface area contributed by atoms with Crippen molar-refractivity contribution in [3.8, 4) is 0 Å². The third kappa shape index (κ3) is 2.94. The molecule has 2 aromatic rings. The molecule has 1 aromatic carbocycles. The fourth-order valence-corrected chi connectivity index (χ4v) is 1.85. The highest BCUT2D eigenvalue weighted by Gasteiger charge is 2.01. The minimum atomic E-state index is 0.787. The maximum atomic E-state index is 5.03. The summed E-state index contributed by atoms with van der Waals surface area (Å²) in [6.07, 6.45) is 2.85. The normalized spacial score (nSPS) is 10.7. The summed E-state index contributed by atoms with van der Waals surface area (Å²) < 4.78 is 5.03. The van der Waals surface area contributed by atoms with Gasteiger partial charge >= 0.3 is 0 Å². The summed E-state index contributed by atoms with van der Waals surface area (Å²) in [6, 6.07) is 8.36. The lowest BCUT2D eigenvalue weighted by Gasteiger charge is -2.09. The molecular formula is C14H18N2O. The highest BCUT2D eigenvalue weighted by Crippen LogP contribution is 2.22. The number of ether oxygens (including phenoxy) is 1. The molecule has 0 saturated carbocycles. The molecule has 0 atom stereocenters. The summed E-state index contributed by atoms with van der Waals surface area (Å²) in [5.74, 6) is 0. The Hall–Kier alpha value is -1.61. The van der Waals surface area contributed by atoms with Crippen LogP contribution in [0.5, 0.6) is 0 Å². The van der Waals surface area contributed by atoms with E-state index in [0.29, 0.717) is 0 Å². The van der Waals surface area contributed by atoms with Gasteiger partial charge in [-0.1, -0.05) is 12.1 Å². The van der Waals surface area contributed by atoms with Crippen molar-refractivity contribution >= 4 is 16.6 Å². The van der Waals surface area contributed by atoms with E-state index in [2.05, 4.69) is 35.4 Å². The van der Waals surface area contributed by atoms with Gasteiger partial charge in [-0.25, -0.2) is 0 Å². The second kappa shape index (κ2) is 5.64. The van der Waals surface area contributed by atoms with Gasteiger partial charge in [0.2, 0.25) is 0 Å². The number of aromatic nitrogens is 1. The lowest BCUT2D eigenvalue weighted by atomic mass is 10.1. The Morgan fingerprint density at radius 1 is 1.29 bits per heavy atom. The van der Waals surface area contributed by atoms with E-state index in [1.807, 2.05) is 12.3 Å². The average molecular weight is 230 g/mol. The first-order chi connectivity index (χ1) is 8.31. The van der Waals surface area contributed by atoms with Gasteiger partial charge in [-0.3, -0.25) is 4.98 Å². The van der Waals surface area contributed by atoms with E-state index in [9.17, 15) is 0 Å². The topological polar surface area (TPSA) is 34.1 Å². The molecule has 0 aliphatic carbocycles. The summed E-state index contributed by atoms with van der Waals surface area (Å²) in [5, 5.41) is 4.60. The quantitative estimate of drug-likeness (QED) is 0.802. The minimum Gasteiger partial charge on any atom is -0.385 e. The number of aryl methyl sites for hydroxylation is 1. The first-order valence-electron chi connectivity index (χ1n) is 5.89. The van der Waals surface area contributed by atoms with Crippen LogP contribution in [0.2, 0.25) is 0 Å². The molecule has 90 valence electrons. The number of nitrogens with one attached hydrogen (secondary N) is 1. The Morgan fingerprint density at radius 3 is 3.00 bits per heavy atom. The van der Waals surface area contributed by atoms with Crippen LogP contribution < -0.4 is 5.32 Å². The molecule has 0 aliphatic heterocycles. The highest BCUT2D eigenvalue weighted by atomic mass is 16.5. The number of benzene rings is 1. The Morgan fingerprint density at radius 2 is 2.18 bits per heavy atom. The molecule has 0 unspecified atom stereocenters. The van der Waals surface area contributed by atoms with Crippen LogP contribution in [0, 0.1) is 6.92 Å². The summed E-state index contributed by atoms with van der Waals surface area (Å²) in [4.78, 5) is 4.38. The molecule has 0 saturated heterocycles. The number of pyridine rings is 1. The van der Waals surface area contributed by atoms with Crippen molar-refractivity contribution in [2.75, 3.05) is 25.6 Å². The fraction of sp³-hybridized carbons (Fsp3) is 0.357. The number of anilines is 1. The smallest absolute Gasteiger partial charge is 0.0725 e. The van der Waals surface area contributed by atoms with Crippen LogP contribution in [0.25, 0.3) is 10.9 Å². The summed E-state index contributed by atoms with van der Waals surface area (Å²) in [5.41, 5.74) is 3.43. The summed E-state index contributed by atoms with van der Waals surface area (Å²) in [6.45, 7) is 3.79. The second-order valence-electron chi connectivity index (χ2n) is 4.15. The van der Waals surface area contributed by atoms with Crippen LogP contribution in [0.4, 0.5) is 5.69 Å². The molecule has 0 aliphatic rings. The zero-order valence-corrected chi connectivity index (χ0v) is 10.4. The van der Waals surface area contributed by atoms with Crippen LogP contribution >= 0.6 is 0 Å². The monoisotopic (exact) mass is 230 g/mol. The first kappa shape index (κ1) is 11.9. The number of fused-ring (bicyclic) bond motifs is 1. The van der Waals surface area contributed by atoms with E-state index in [4.69, 9.17) is 4.74 Å². The Kier molecular flexibility index (Phi) is 3.94. The highest BCUT2D eigenvalue weighted by molar-refractivity contribution is 5.91. The largest absolute Gasteiger partial charge is 0.385 e. The molecule has 17 heavy (non-hydrogen) atoms. The third-order valence-corrected chi connectivity index (χ3v) is 2.74. The number of hydrogen-bond acceptors (Lipinski definition) is 3. The van der Waals surface area contributed by atoms with Crippen molar-refractivity contribution in [3.05, 3.63) is 36.0 Å². The predicted molar refractivity (Wildman–Crippen MR) is 71.5 cm³/mol. The SMILES string of the molecule is COCCCNc1ccnc2cc(C)ccc12. The molecular weight excluding hydrogens is 212 g/mol. The summed E-state index contributed by atoms with van der Waals surface area (Å²) in [7, 11) is 1.73. The van der Waals surface area contributed by atoms with Gasteiger partial charge < -0.3 is 10.1 Å². The molecule has 1 aromatic heterocycles. The van der Waals surface area contributed by atoms with Gasteiger partial charge in [0.15, 0.2) is 0 Å². The van der Waals surface area contributed by atoms with Crippen molar-refractivity contribution in [1.29, 1.82) is 0 Å². The second-order valence-corrected chi connectivity index (χ2v) is 4.15. The Balaban J connectivity index is 2.16. The molecule has 0 radical (unpaired) electrons. The first-order valence-corrected chi connectivity index (χ1v) is 5.89. The van der Waals surface area contributed by atoms with Crippen LogP contribution in [-0.4, -0.2) is 25.2 Å². The van der Waals surface area contributed by atoms with E-state index >= 15 is 0 Å². The van der Waals surface area contributed by atoms with Gasteiger partial charge in [-0.2, -0.15) is 0 Å². The van der Waals surface area contributed by atoms with Gasteiger partial charge in [0.05, 0.1) is 5.52 Å². The molecule has 0 amide bonds. The Bertz CT molecular complexity index is 497. The van der Waals surface area contributed by atoms with E-state index in [1.165, 1.54) is 10.9 Å². The van der Waals surface area contributed by atoms with Gasteiger partial charge in [0, 0.05) is 37.5 Å². The van der Waals surface area contributed by atoms with Crippen molar-refractivity contribution < 1.29 is 4.74 Å². The molecule has 3 nitrogen and oxygen atoms in total. The average Bonchev–Trinajstić information content (AvgIpc) is 2.34. The van der Waals surface area contributed by atoms with Crippen molar-refractivity contribution in [1.82, 2.24) is 4.98 Å². The van der Waals surface area contributed by atoms with Gasteiger partial charge in [0.1, 0.15) is 0 Å². The zero-order valence-electron chi connectivity index (χ0n) is 10.4. The maximum absolute atomic E-state index is 5.03. The lowest BCUT2D eigenvalue weighted by molar-refractivity contribution is 0.198. The van der Waals surface area contributed by atoms with Crippen molar-refractivity contribution in [3.63, 3.8) is 0 Å². The number of rotatable bonds is 5. The number of methoxy groups -OCH3 is 1. The third-order valence-electron chi connectivity index (χ3n) is 2.74. The van der Waals surface area contributed by atoms with Crippen molar-refractivity contribution in [2.24, 2.45) is 0 Å². The van der Waals surface area contributed by atoms with Gasteiger partial charge in [0.25, 0.3) is 0 Å². The van der Waals surface area contributed by atoms with Crippen LogP contribution in [-0.2, 0) is 4.74 Å². The lowest BCUT2D eigenvalue weighted by Crippen LogP contribution is -2.05. The molecule has 1 N–H and O–H groups in total. The molecule has 0 bridgehead atoms. The predicted octanol–water partition coefficient (Wildman–Crippen LogP) is 2.99. The molecule has 2 rings (SSSR count). The van der Waals surface area contributed by atoms with Gasteiger partial charge in [-0.15, -0.1) is 0 Å². The van der Waals surface area contributed by atoms with E-state index < -0.39 is 0 Å². The van der Waals surface area contributed by atoms with Crippen molar-refractivity contribution in [2.45, 2.75) is 13.3 Å². The van der Waals surface area contributed by atoms with E-state index in [1.54, 1.807) is 7.11 Å². The number of hydrogen-bond donors (Lipinski definition) is 1. The van der Waals surface area contributed by atoms with Gasteiger partial charge in [-0.05, 0) is 31.0 Å². The maximum Gasteiger partial charge on any atom is 0.0725 e. The number of nitrogens with zero attached hydrogens (tertiary/aromatic N) is 1. The van der Waals surface area contributed by atoms with Crippen LogP contribution in [0.15, 0.2) is 30.5 Å². The van der Waals surface area contributed by atoms with E-state index in [0.717, 1.165) is 30.8 Å².